The van der Waals surface area contributed by atoms with Crippen molar-refractivity contribution in [3.8, 4) is 0 Å². The lowest BCUT2D eigenvalue weighted by Gasteiger charge is -2.16. The summed E-state index contributed by atoms with van der Waals surface area (Å²) in [5.74, 6) is 0.0939. The summed E-state index contributed by atoms with van der Waals surface area (Å²) in [4.78, 5) is 13.1. The summed E-state index contributed by atoms with van der Waals surface area (Å²) in [5, 5.41) is 3.65. The summed E-state index contributed by atoms with van der Waals surface area (Å²) in [5.41, 5.74) is 1.37. The van der Waals surface area contributed by atoms with E-state index in [0.29, 0.717) is 6.54 Å². The Labute approximate surface area is 130 Å². The minimum Gasteiger partial charge on any atom is -0.351 e. The van der Waals surface area contributed by atoms with Crippen molar-refractivity contribution in [2.75, 3.05) is 6.54 Å². The molecular weight excluding hydrogens is 290 g/mol. The Morgan fingerprint density at radius 2 is 2.10 bits per heavy atom. The number of carbonyl (C=O) groups is 1. The first-order valence-corrected chi connectivity index (χ1v) is 8.29. The molecule has 1 atom stereocenters. The number of halogens is 1. The lowest BCUT2D eigenvalue weighted by Crippen LogP contribution is -2.32. The van der Waals surface area contributed by atoms with Crippen LogP contribution in [0.25, 0.3) is 0 Å². The molecule has 1 aromatic carbocycles. The van der Waals surface area contributed by atoms with Gasteiger partial charge in [-0.25, -0.2) is 0 Å². The maximum Gasteiger partial charge on any atom is 0.233 e. The van der Waals surface area contributed by atoms with Crippen LogP contribution < -0.4 is 5.32 Å². The molecule has 1 N–H and O–H groups in total. The maximum atomic E-state index is 12.1. The number of allylic oxidation sites excluding steroid dienone is 1. The number of thioether (sulfide) groups is 1. The minimum atomic E-state index is -0.0969. The molecule has 0 saturated heterocycles. The van der Waals surface area contributed by atoms with E-state index in [0.717, 1.165) is 22.8 Å². The van der Waals surface area contributed by atoms with Gasteiger partial charge in [-0.1, -0.05) is 23.3 Å². The van der Waals surface area contributed by atoms with Gasteiger partial charge in [0.25, 0.3) is 0 Å². The van der Waals surface area contributed by atoms with Crippen LogP contribution in [0.5, 0.6) is 0 Å². The molecule has 2 rings (SSSR count). The van der Waals surface area contributed by atoms with Gasteiger partial charge in [0.2, 0.25) is 5.91 Å². The molecule has 20 heavy (non-hydrogen) atoms. The quantitative estimate of drug-likeness (QED) is 0.643. The largest absolute Gasteiger partial charge is 0.351 e. The van der Waals surface area contributed by atoms with Crippen LogP contribution >= 0.6 is 23.4 Å². The first-order chi connectivity index (χ1) is 9.65. The Kier molecular flexibility index (Phi) is 5.99. The van der Waals surface area contributed by atoms with E-state index >= 15 is 0 Å². The van der Waals surface area contributed by atoms with Crippen LogP contribution in [0.15, 0.2) is 40.8 Å². The zero-order valence-corrected chi connectivity index (χ0v) is 13.3. The van der Waals surface area contributed by atoms with Gasteiger partial charge in [0, 0.05) is 16.5 Å². The average molecular weight is 310 g/mol. The first-order valence-electron chi connectivity index (χ1n) is 7.03. The number of amides is 1. The van der Waals surface area contributed by atoms with Gasteiger partial charge in [0.15, 0.2) is 0 Å². The van der Waals surface area contributed by atoms with Gasteiger partial charge in [-0.05, 0) is 56.9 Å². The Morgan fingerprint density at radius 1 is 1.35 bits per heavy atom. The third-order valence-corrected chi connectivity index (χ3v) is 4.73. The molecule has 1 aliphatic carbocycles. The lowest BCUT2D eigenvalue weighted by molar-refractivity contribution is -0.120. The molecule has 2 nitrogen and oxygen atoms in total. The van der Waals surface area contributed by atoms with E-state index in [4.69, 9.17) is 11.6 Å². The zero-order valence-electron chi connectivity index (χ0n) is 11.7. The van der Waals surface area contributed by atoms with Crippen LogP contribution in [-0.2, 0) is 4.79 Å². The van der Waals surface area contributed by atoms with Gasteiger partial charge in [0.1, 0.15) is 0 Å². The zero-order chi connectivity index (χ0) is 14.4. The summed E-state index contributed by atoms with van der Waals surface area (Å²) in [6.07, 6.45) is 7.07. The van der Waals surface area contributed by atoms with E-state index in [9.17, 15) is 4.79 Å². The van der Waals surface area contributed by atoms with Crippen LogP contribution in [0.2, 0.25) is 5.02 Å². The van der Waals surface area contributed by atoms with Crippen LogP contribution in [0.1, 0.15) is 32.6 Å². The second-order valence-corrected chi connectivity index (χ2v) is 6.89. The number of hydrogen-bond donors (Lipinski definition) is 1. The first kappa shape index (κ1) is 15.5. The van der Waals surface area contributed by atoms with Crippen LogP contribution in [0.3, 0.4) is 0 Å². The van der Waals surface area contributed by atoms with Crippen LogP contribution in [0, 0.1) is 0 Å². The standard InChI is InChI=1S/C16H20ClNOS/c1-12(20-15-9-7-14(17)8-10-15)16(19)18-11-13-5-3-2-4-6-13/h5,7-10,12H,2-4,6,11H2,1H3,(H,18,19). The van der Waals surface area contributed by atoms with Gasteiger partial charge >= 0.3 is 0 Å². The van der Waals surface area contributed by atoms with Crippen molar-refractivity contribution in [3.05, 3.63) is 40.9 Å². The van der Waals surface area contributed by atoms with Crippen molar-refractivity contribution in [1.29, 1.82) is 0 Å². The smallest absolute Gasteiger partial charge is 0.233 e. The normalized spacial score (nSPS) is 16.4. The van der Waals surface area contributed by atoms with E-state index in [1.807, 2.05) is 31.2 Å². The van der Waals surface area contributed by atoms with E-state index < -0.39 is 0 Å². The average Bonchev–Trinajstić information content (AvgIpc) is 2.48. The van der Waals surface area contributed by atoms with Crippen molar-refractivity contribution in [1.82, 2.24) is 5.32 Å². The van der Waals surface area contributed by atoms with Gasteiger partial charge in [-0.2, -0.15) is 0 Å². The second-order valence-electron chi connectivity index (χ2n) is 5.04. The Hall–Kier alpha value is -0.930. The molecule has 1 aromatic rings. The summed E-state index contributed by atoms with van der Waals surface area (Å²) >= 11 is 7.41. The Morgan fingerprint density at radius 3 is 2.75 bits per heavy atom. The fraction of sp³-hybridized carbons (Fsp3) is 0.438. The second kappa shape index (κ2) is 7.75. The molecule has 0 aromatic heterocycles. The monoisotopic (exact) mass is 309 g/mol. The number of carbonyl (C=O) groups excluding carboxylic acids is 1. The Bertz CT molecular complexity index is 484. The number of hydrogen-bond acceptors (Lipinski definition) is 2. The van der Waals surface area contributed by atoms with E-state index in [2.05, 4.69) is 11.4 Å². The molecule has 1 amide bonds. The third kappa shape index (κ3) is 4.88. The van der Waals surface area contributed by atoms with Crippen LogP contribution in [-0.4, -0.2) is 17.7 Å². The molecule has 0 spiro atoms. The molecule has 108 valence electrons. The van der Waals surface area contributed by atoms with Gasteiger partial charge in [-0.15, -0.1) is 11.8 Å². The highest BCUT2D eigenvalue weighted by atomic mass is 35.5. The minimum absolute atomic E-state index is 0.0939. The molecule has 0 saturated carbocycles. The molecule has 0 fully saturated rings. The molecule has 1 unspecified atom stereocenters. The van der Waals surface area contributed by atoms with Crippen LogP contribution in [0.4, 0.5) is 0 Å². The summed E-state index contributed by atoms with van der Waals surface area (Å²) < 4.78 is 0. The van der Waals surface area contributed by atoms with Gasteiger partial charge in [0.05, 0.1) is 5.25 Å². The molecule has 1 aliphatic rings. The lowest BCUT2D eigenvalue weighted by atomic mass is 10.00. The molecule has 0 aliphatic heterocycles. The van der Waals surface area contributed by atoms with E-state index in [1.54, 1.807) is 11.8 Å². The maximum absolute atomic E-state index is 12.1. The summed E-state index contributed by atoms with van der Waals surface area (Å²) in [7, 11) is 0. The van der Waals surface area contributed by atoms with Crippen molar-refractivity contribution in [2.24, 2.45) is 0 Å². The number of benzene rings is 1. The van der Waals surface area contributed by atoms with Gasteiger partial charge in [-0.3, -0.25) is 4.79 Å². The fourth-order valence-corrected chi connectivity index (χ4v) is 3.20. The van der Waals surface area contributed by atoms with Crippen molar-refractivity contribution >= 4 is 29.3 Å². The molecule has 0 radical (unpaired) electrons. The summed E-state index contributed by atoms with van der Waals surface area (Å²) in [6.45, 7) is 2.63. The topological polar surface area (TPSA) is 29.1 Å². The molecular formula is C16H20ClNOS. The SMILES string of the molecule is CC(Sc1ccc(Cl)cc1)C(=O)NCC1=CCCCC1. The van der Waals surface area contributed by atoms with Crippen molar-refractivity contribution < 1.29 is 4.79 Å². The third-order valence-electron chi connectivity index (χ3n) is 3.37. The van der Waals surface area contributed by atoms with E-state index in [-0.39, 0.29) is 11.2 Å². The highest BCUT2D eigenvalue weighted by Gasteiger charge is 2.14. The van der Waals surface area contributed by atoms with Gasteiger partial charge < -0.3 is 5.32 Å². The predicted octanol–water partition coefficient (Wildman–Crippen LogP) is 4.44. The molecule has 0 heterocycles. The van der Waals surface area contributed by atoms with Crippen molar-refractivity contribution in [3.63, 3.8) is 0 Å². The predicted molar refractivity (Wildman–Crippen MR) is 86.3 cm³/mol. The Balaban J connectivity index is 1.79. The number of nitrogens with one attached hydrogen (secondary N) is 1. The molecule has 4 heteroatoms. The van der Waals surface area contributed by atoms with E-state index in [1.165, 1.54) is 18.4 Å². The van der Waals surface area contributed by atoms with Crippen molar-refractivity contribution in [2.45, 2.75) is 42.8 Å². The fourth-order valence-electron chi connectivity index (χ4n) is 2.18. The number of rotatable bonds is 5. The summed E-state index contributed by atoms with van der Waals surface area (Å²) in [6, 6.07) is 7.59. The highest BCUT2D eigenvalue weighted by molar-refractivity contribution is 8.00. The highest BCUT2D eigenvalue weighted by Crippen LogP contribution is 2.25. The molecule has 0 bridgehead atoms.